The van der Waals surface area contributed by atoms with Crippen LogP contribution in [0.15, 0.2) is 0 Å². The van der Waals surface area contributed by atoms with Crippen LogP contribution in [0, 0.1) is 28.0 Å². The van der Waals surface area contributed by atoms with E-state index in [-0.39, 0.29) is 0 Å². The number of hydrogen-bond donors (Lipinski definition) is 0. The summed E-state index contributed by atoms with van der Waals surface area (Å²) in [7, 11) is 0. The molecule has 0 unspecified atom stereocenters. The van der Waals surface area contributed by atoms with Crippen LogP contribution in [0.4, 0.5) is 4.79 Å². The van der Waals surface area contributed by atoms with Gasteiger partial charge in [0.15, 0.2) is 0 Å². The van der Waals surface area contributed by atoms with Crippen molar-refractivity contribution in [1.82, 2.24) is 0 Å². The standard InChI is InChI=1S/C4H8O3.Pu/c1-2-3-7-4(5)6;/h2-3H2,1H3,(H,5,6);/q;+1/p-1. The molecule has 3 nitrogen and oxygen atoms in total. The average Bonchev–Trinajstić information content (AvgIpc) is 1.83. The monoisotopic (exact) mass is 341 g/mol. The van der Waals surface area contributed by atoms with Crippen LogP contribution in [0.2, 0.25) is 0 Å². The van der Waals surface area contributed by atoms with E-state index in [4.69, 9.17) is 0 Å². The summed E-state index contributed by atoms with van der Waals surface area (Å²) >= 11 is 0.486. The second kappa shape index (κ2) is 5.39. The van der Waals surface area contributed by atoms with Crippen LogP contribution in [0.3, 0.4) is 0 Å². The summed E-state index contributed by atoms with van der Waals surface area (Å²) in [6.07, 6.45) is 0.295. The molecule has 0 fully saturated rings. The van der Waals surface area contributed by atoms with Gasteiger partial charge in [-0.1, -0.05) is 0 Å². The molecule has 0 aromatic carbocycles. The van der Waals surface area contributed by atoms with E-state index in [1.165, 1.54) is 0 Å². The molecule has 47 valence electrons. The van der Waals surface area contributed by atoms with Gasteiger partial charge < -0.3 is 0 Å². The molecular weight excluding hydrogens is 340 g/mol. The van der Waals surface area contributed by atoms with Crippen molar-refractivity contribution in [1.29, 1.82) is 0 Å². The third kappa shape index (κ3) is 4.42. The summed E-state index contributed by atoms with van der Waals surface area (Å²) in [5.74, 6) is 0. The van der Waals surface area contributed by atoms with E-state index in [1.54, 1.807) is 0 Å². The number of ether oxygens (including phenoxy) is 1. The summed E-state index contributed by atoms with van der Waals surface area (Å²) in [6, 6.07) is 0. The normalized spacial score (nSPS) is 8.38. The van der Waals surface area contributed by atoms with Gasteiger partial charge in [0.2, 0.25) is 0 Å². The molecule has 0 amide bonds. The number of carbonyl (C=O) groups excluding carboxylic acids is 1. The fourth-order valence-corrected chi connectivity index (χ4v) is 0.410. The first kappa shape index (κ1) is 8.26. The number of hydrogen-bond acceptors (Lipinski definition) is 3. The maximum atomic E-state index is 10.2. The van der Waals surface area contributed by atoms with Gasteiger partial charge in [0.25, 0.3) is 0 Å². The molecule has 0 aromatic heterocycles. The Hall–Kier alpha value is 0.257. The van der Waals surface area contributed by atoms with E-state index >= 15 is 0 Å². The zero-order valence-corrected chi connectivity index (χ0v) is 7.95. The third-order valence-electron chi connectivity index (χ3n) is 0.492. The molecule has 0 rings (SSSR count). The summed E-state index contributed by atoms with van der Waals surface area (Å²) in [6.45, 7) is 2.39. The Bertz CT molecular complexity index is 73.7. The van der Waals surface area contributed by atoms with E-state index < -0.39 is 6.16 Å². The van der Waals surface area contributed by atoms with Gasteiger partial charge in [-0.15, -0.1) is 0 Å². The van der Waals surface area contributed by atoms with Crippen molar-refractivity contribution in [3.05, 3.63) is 0 Å². The Morgan fingerprint density at radius 1 is 1.75 bits per heavy atom. The van der Waals surface area contributed by atoms with Gasteiger partial charge in [0, 0.05) is 0 Å². The number of rotatable bonds is 2. The Morgan fingerprint density at radius 2 is 2.38 bits per heavy atom. The predicted octanol–water partition coefficient (Wildman–Crippen LogP) is 1.01. The Morgan fingerprint density at radius 3 is 2.75 bits per heavy atom. The fraction of sp³-hybridized carbons (Fsp3) is 0.750. The third-order valence-corrected chi connectivity index (χ3v) is 1.06. The quantitative estimate of drug-likeness (QED) is 0.700. The molecule has 0 bridgehead atoms. The first-order chi connectivity index (χ1) is 3.81. The summed E-state index contributed by atoms with van der Waals surface area (Å²) < 4.78 is 8.83. The van der Waals surface area contributed by atoms with Gasteiger partial charge in [-0.2, -0.15) is 0 Å². The van der Waals surface area contributed by atoms with Crippen molar-refractivity contribution < 1.29 is 40.0 Å². The van der Waals surface area contributed by atoms with Crippen molar-refractivity contribution >= 4 is 6.16 Å². The van der Waals surface area contributed by atoms with Crippen LogP contribution in [0.1, 0.15) is 13.3 Å². The van der Waals surface area contributed by atoms with E-state index in [2.05, 4.69) is 7.21 Å². The first-order valence-electron chi connectivity index (χ1n) is 2.27. The van der Waals surface area contributed by atoms with Crippen LogP contribution in [0.5, 0.6) is 0 Å². The van der Waals surface area contributed by atoms with Gasteiger partial charge in [-0.25, -0.2) is 0 Å². The summed E-state index contributed by atoms with van der Waals surface area (Å²) in [4.78, 5) is 10.2. The predicted molar refractivity (Wildman–Crippen MR) is 22.7 cm³/mol. The molecule has 0 radical (unpaired) electrons. The summed E-state index contributed by atoms with van der Waals surface area (Å²) in [5.41, 5.74) is 0. The molecule has 0 aromatic rings. The topological polar surface area (TPSA) is 35.5 Å². The van der Waals surface area contributed by atoms with Crippen molar-refractivity contribution in [2.45, 2.75) is 13.3 Å². The fourth-order valence-electron chi connectivity index (χ4n) is 0.209. The van der Waals surface area contributed by atoms with Gasteiger partial charge >= 0.3 is 66.1 Å². The number of carbonyl (C=O) groups is 1. The molecule has 0 aliphatic rings. The van der Waals surface area contributed by atoms with Crippen molar-refractivity contribution in [3.63, 3.8) is 0 Å². The first-order valence-corrected chi connectivity index (χ1v) is 3.66. The zero-order valence-electron chi connectivity index (χ0n) is 4.55. The molecule has 0 saturated carbocycles. The van der Waals surface area contributed by atoms with Crippen LogP contribution >= 0.6 is 0 Å². The van der Waals surface area contributed by atoms with Crippen molar-refractivity contribution in [3.8, 4) is 0 Å². The van der Waals surface area contributed by atoms with Gasteiger partial charge in [-0.05, 0) is 0 Å². The minimum atomic E-state index is -0.548. The van der Waals surface area contributed by atoms with Crippen LogP contribution in [-0.4, -0.2) is 12.8 Å². The van der Waals surface area contributed by atoms with Crippen LogP contribution < -0.4 is 0 Å². The van der Waals surface area contributed by atoms with E-state index in [9.17, 15) is 4.79 Å². The molecule has 0 N–H and O–H groups in total. The molecule has 0 spiro atoms. The SMILES string of the molecule is CCCOC(=O)[O][Pu]. The second-order valence-electron chi connectivity index (χ2n) is 1.18. The van der Waals surface area contributed by atoms with Crippen molar-refractivity contribution in [2.24, 2.45) is 0 Å². The molecule has 0 saturated heterocycles. The van der Waals surface area contributed by atoms with E-state index in [1.807, 2.05) is 6.92 Å². The Kier molecular flexibility index (Phi) is 5.57. The Labute approximate surface area is 66.2 Å². The molecule has 0 aliphatic carbocycles. The second-order valence-corrected chi connectivity index (χ2v) is 1.88. The minimum absolute atomic E-state index is 0.458. The van der Waals surface area contributed by atoms with Gasteiger partial charge in [0.05, 0.1) is 0 Å². The van der Waals surface area contributed by atoms with Gasteiger partial charge in [0.1, 0.15) is 0 Å². The molecule has 8 heavy (non-hydrogen) atoms. The molecule has 0 atom stereocenters. The van der Waals surface area contributed by atoms with E-state index in [0.717, 1.165) is 6.42 Å². The zero-order chi connectivity index (χ0) is 6.41. The van der Waals surface area contributed by atoms with E-state index in [0.29, 0.717) is 34.6 Å². The molecule has 0 aliphatic heterocycles. The van der Waals surface area contributed by atoms with Crippen molar-refractivity contribution in [2.75, 3.05) is 6.61 Å². The molecular formula is C4H7O3Pu. The van der Waals surface area contributed by atoms with Crippen LogP contribution in [-0.2, 0) is 7.21 Å². The van der Waals surface area contributed by atoms with Gasteiger partial charge in [-0.3, -0.25) is 0 Å². The Balaban J connectivity index is 2.99. The van der Waals surface area contributed by atoms with Crippen LogP contribution in [0.25, 0.3) is 0 Å². The molecule has 0 heterocycles. The molecule has 4 heteroatoms. The average molecular weight is 347 g/mol. The summed E-state index contributed by atoms with van der Waals surface area (Å²) in [5, 5.41) is 0. The maximum absolute atomic E-state index is 10.2.